The van der Waals surface area contributed by atoms with Crippen LogP contribution in [0.15, 0.2) is 36.4 Å². The molecule has 0 fully saturated rings. The Kier molecular flexibility index (Phi) is 10.3. The van der Waals surface area contributed by atoms with Crippen molar-refractivity contribution in [2.24, 2.45) is 0 Å². The van der Waals surface area contributed by atoms with Gasteiger partial charge in [0.15, 0.2) is 23.0 Å². The van der Waals surface area contributed by atoms with Crippen LogP contribution >= 0.6 is 0 Å². The van der Waals surface area contributed by atoms with Gasteiger partial charge in [0.25, 0.3) is 0 Å². The fraction of sp³-hybridized carbons (Fsp3) is 0.500. The third kappa shape index (κ3) is 7.75. The van der Waals surface area contributed by atoms with Crippen LogP contribution in [0.1, 0.15) is 57.6 Å². The number of esters is 1. The molecule has 2 rings (SSSR count). The van der Waals surface area contributed by atoms with Crippen LogP contribution in [-0.2, 0) is 22.4 Å². The standard InChI is InChI=1S/C26H36O6/c1-6-8-21(14-19-10-12-23(28)25(16-19)29-4)32-22(9-7-2)15-20-11-13-24(31-18(3)27)26(17-20)30-5/h10-13,16-17,21-22,28H,6-9,14-15H2,1-5H3. The van der Waals surface area contributed by atoms with Crippen LogP contribution in [0.2, 0.25) is 0 Å². The maximum atomic E-state index is 11.3. The van der Waals surface area contributed by atoms with E-state index < -0.39 is 0 Å². The molecule has 0 amide bonds. The van der Waals surface area contributed by atoms with Crippen LogP contribution in [0.5, 0.6) is 23.0 Å². The van der Waals surface area contributed by atoms with Crippen molar-refractivity contribution >= 4 is 5.97 Å². The van der Waals surface area contributed by atoms with Gasteiger partial charge in [0.1, 0.15) is 0 Å². The number of rotatable bonds is 13. The van der Waals surface area contributed by atoms with Gasteiger partial charge in [-0.2, -0.15) is 0 Å². The Bertz CT molecular complexity index is 863. The molecule has 0 radical (unpaired) electrons. The Morgan fingerprint density at radius 3 is 1.88 bits per heavy atom. The molecular weight excluding hydrogens is 408 g/mol. The summed E-state index contributed by atoms with van der Waals surface area (Å²) < 4.78 is 22.4. The van der Waals surface area contributed by atoms with Crippen molar-refractivity contribution in [3.05, 3.63) is 47.5 Å². The zero-order chi connectivity index (χ0) is 23.5. The molecule has 2 atom stereocenters. The van der Waals surface area contributed by atoms with Gasteiger partial charge in [-0.15, -0.1) is 0 Å². The first-order valence-corrected chi connectivity index (χ1v) is 11.3. The first kappa shape index (κ1) is 25.5. The number of phenols is 1. The molecule has 0 saturated carbocycles. The zero-order valence-corrected chi connectivity index (χ0v) is 19.8. The SMILES string of the molecule is CCCC(Cc1ccc(O)c(OC)c1)OC(CCC)Cc1ccc(OC(C)=O)c(OC)c1. The van der Waals surface area contributed by atoms with E-state index in [1.165, 1.54) is 6.92 Å². The highest BCUT2D eigenvalue weighted by Crippen LogP contribution is 2.30. The van der Waals surface area contributed by atoms with Gasteiger partial charge in [-0.05, 0) is 61.1 Å². The Hall–Kier alpha value is -2.73. The first-order chi connectivity index (χ1) is 15.4. The lowest BCUT2D eigenvalue weighted by Gasteiger charge is -2.25. The summed E-state index contributed by atoms with van der Waals surface area (Å²) in [6.45, 7) is 5.68. The molecule has 6 heteroatoms. The summed E-state index contributed by atoms with van der Waals surface area (Å²) >= 11 is 0. The van der Waals surface area contributed by atoms with Gasteiger partial charge in [-0.1, -0.05) is 38.8 Å². The van der Waals surface area contributed by atoms with Crippen molar-refractivity contribution in [3.63, 3.8) is 0 Å². The monoisotopic (exact) mass is 444 g/mol. The molecule has 176 valence electrons. The van der Waals surface area contributed by atoms with Crippen LogP contribution in [0.3, 0.4) is 0 Å². The van der Waals surface area contributed by atoms with Crippen LogP contribution in [0.4, 0.5) is 0 Å². The molecule has 2 unspecified atom stereocenters. The smallest absolute Gasteiger partial charge is 0.308 e. The lowest BCUT2D eigenvalue weighted by molar-refractivity contribution is -0.132. The highest BCUT2D eigenvalue weighted by molar-refractivity contribution is 5.70. The van der Waals surface area contributed by atoms with Gasteiger partial charge in [-0.3, -0.25) is 4.79 Å². The second-order valence-electron chi connectivity index (χ2n) is 7.95. The Balaban J connectivity index is 2.14. The van der Waals surface area contributed by atoms with Gasteiger partial charge in [0.05, 0.1) is 26.4 Å². The summed E-state index contributed by atoms with van der Waals surface area (Å²) in [5.74, 6) is 1.19. The Labute approximate surface area is 191 Å². The highest BCUT2D eigenvalue weighted by Gasteiger charge is 2.19. The maximum Gasteiger partial charge on any atom is 0.308 e. The second-order valence-corrected chi connectivity index (χ2v) is 7.95. The predicted octanol–water partition coefficient (Wildman–Crippen LogP) is 5.47. The number of ether oxygens (including phenoxy) is 4. The molecule has 0 heterocycles. The summed E-state index contributed by atoms with van der Waals surface area (Å²) in [4.78, 5) is 11.3. The van der Waals surface area contributed by atoms with E-state index in [4.69, 9.17) is 18.9 Å². The summed E-state index contributed by atoms with van der Waals surface area (Å²) in [7, 11) is 3.12. The van der Waals surface area contributed by atoms with Crippen LogP contribution in [-0.4, -0.2) is 37.5 Å². The Morgan fingerprint density at radius 2 is 1.38 bits per heavy atom. The summed E-state index contributed by atoms with van der Waals surface area (Å²) in [6.07, 6.45) is 5.52. The summed E-state index contributed by atoms with van der Waals surface area (Å²) in [6, 6.07) is 11.1. The van der Waals surface area contributed by atoms with E-state index in [0.29, 0.717) is 17.2 Å². The molecule has 0 aliphatic rings. The first-order valence-electron chi connectivity index (χ1n) is 11.3. The minimum Gasteiger partial charge on any atom is -0.504 e. The molecule has 0 bridgehead atoms. The molecule has 2 aromatic rings. The van der Waals surface area contributed by atoms with Crippen molar-refractivity contribution < 1.29 is 28.8 Å². The molecule has 6 nitrogen and oxygen atoms in total. The van der Waals surface area contributed by atoms with E-state index in [-0.39, 0.29) is 23.9 Å². The molecule has 0 aliphatic carbocycles. The molecule has 0 aromatic heterocycles. The van der Waals surface area contributed by atoms with Crippen LogP contribution in [0, 0.1) is 0 Å². The number of carbonyl (C=O) groups excluding carboxylic acids is 1. The van der Waals surface area contributed by atoms with Gasteiger partial charge < -0.3 is 24.1 Å². The van der Waals surface area contributed by atoms with E-state index in [1.54, 1.807) is 26.4 Å². The quantitative estimate of drug-likeness (QED) is 0.326. The van der Waals surface area contributed by atoms with Gasteiger partial charge >= 0.3 is 5.97 Å². The topological polar surface area (TPSA) is 74.2 Å². The number of phenolic OH excluding ortho intramolecular Hbond substituents is 1. The number of benzene rings is 2. The van der Waals surface area contributed by atoms with Gasteiger partial charge in [0, 0.05) is 6.92 Å². The number of aromatic hydroxyl groups is 1. The number of hydrogen-bond donors (Lipinski definition) is 1. The predicted molar refractivity (Wildman–Crippen MR) is 125 cm³/mol. The average Bonchev–Trinajstić information content (AvgIpc) is 2.76. The van der Waals surface area contributed by atoms with Gasteiger partial charge in [0.2, 0.25) is 0 Å². The van der Waals surface area contributed by atoms with Crippen molar-refractivity contribution in [1.29, 1.82) is 0 Å². The van der Waals surface area contributed by atoms with E-state index in [1.807, 2.05) is 24.3 Å². The van der Waals surface area contributed by atoms with Gasteiger partial charge in [-0.25, -0.2) is 0 Å². The van der Waals surface area contributed by atoms with Crippen LogP contribution < -0.4 is 14.2 Å². The number of methoxy groups -OCH3 is 2. The molecule has 0 spiro atoms. The molecule has 0 saturated heterocycles. The van der Waals surface area contributed by atoms with Crippen molar-refractivity contribution in [2.45, 2.75) is 71.5 Å². The van der Waals surface area contributed by atoms with E-state index >= 15 is 0 Å². The zero-order valence-electron chi connectivity index (χ0n) is 19.8. The number of hydrogen-bond acceptors (Lipinski definition) is 6. The minimum atomic E-state index is -0.378. The molecular formula is C26H36O6. The van der Waals surface area contributed by atoms with Crippen LogP contribution in [0.25, 0.3) is 0 Å². The van der Waals surface area contributed by atoms with Crippen molar-refractivity contribution in [3.8, 4) is 23.0 Å². The fourth-order valence-electron chi connectivity index (χ4n) is 3.81. The van der Waals surface area contributed by atoms with E-state index in [9.17, 15) is 9.90 Å². The van der Waals surface area contributed by atoms with E-state index in [0.717, 1.165) is 49.7 Å². The summed E-state index contributed by atoms with van der Waals surface area (Å²) in [5, 5.41) is 9.87. The molecule has 1 N–H and O–H groups in total. The lowest BCUT2D eigenvalue weighted by atomic mass is 10.0. The van der Waals surface area contributed by atoms with Crippen molar-refractivity contribution in [2.75, 3.05) is 14.2 Å². The largest absolute Gasteiger partial charge is 0.504 e. The fourth-order valence-corrected chi connectivity index (χ4v) is 3.81. The highest BCUT2D eigenvalue weighted by atomic mass is 16.6. The Morgan fingerprint density at radius 1 is 0.844 bits per heavy atom. The maximum absolute atomic E-state index is 11.3. The lowest BCUT2D eigenvalue weighted by Crippen LogP contribution is -2.26. The molecule has 2 aromatic carbocycles. The molecule has 32 heavy (non-hydrogen) atoms. The minimum absolute atomic E-state index is 0.0554. The normalized spacial score (nSPS) is 12.8. The third-order valence-corrected chi connectivity index (χ3v) is 5.26. The average molecular weight is 445 g/mol. The molecule has 0 aliphatic heterocycles. The van der Waals surface area contributed by atoms with E-state index in [2.05, 4.69) is 13.8 Å². The number of carbonyl (C=O) groups is 1. The summed E-state index contributed by atoms with van der Waals surface area (Å²) in [5.41, 5.74) is 2.14. The third-order valence-electron chi connectivity index (χ3n) is 5.26. The van der Waals surface area contributed by atoms with Crippen molar-refractivity contribution in [1.82, 2.24) is 0 Å². The second kappa shape index (κ2) is 13.0.